The highest BCUT2D eigenvalue weighted by Crippen LogP contribution is 2.30. The van der Waals surface area contributed by atoms with Crippen LogP contribution in [0, 0.1) is 0 Å². The topological polar surface area (TPSA) is 55.8 Å². The van der Waals surface area contributed by atoms with Gasteiger partial charge in [-0.3, -0.25) is 0 Å². The fourth-order valence-corrected chi connectivity index (χ4v) is 4.35. The van der Waals surface area contributed by atoms with E-state index in [2.05, 4.69) is 0 Å². The lowest BCUT2D eigenvalue weighted by molar-refractivity contribution is -0.131. The number of ether oxygens (including phenoxy) is 2. The van der Waals surface area contributed by atoms with Gasteiger partial charge in [0.2, 0.25) is 0 Å². The van der Waals surface area contributed by atoms with Gasteiger partial charge in [0.25, 0.3) is 0 Å². The minimum atomic E-state index is -2.46. The summed E-state index contributed by atoms with van der Waals surface area (Å²) in [6.07, 6.45) is 8.99. The molecule has 0 unspecified atom stereocenters. The van der Waals surface area contributed by atoms with Gasteiger partial charge < -0.3 is 14.6 Å². The van der Waals surface area contributed by atoms with Crippen molar-refractivity contribution >= 4 is 51.3 Å². The zero-order valence-corrected chi connectivity index (χ0v) is 18.8. The summed E-state index contributed by atoms with van der Waals surface area (Å²) >= 11 is 17.6. The number of hydrogen-bond donors (Lipinski definition) is 1. The van der Waals surface area contributed by atoms with Gasteiger partial charge in [-0.25, -0.2) is 4.79 Å². The average Bonchev–Trinajstić information content (AvgIpc) is 2.59. The number of carboxylic acids is 1. The monoisotopic (exact) mass is 452 g/mol. The summed E-state index contributed by atoms with van der Waals surface area (Å²) in [7, 11) is 0. The van der Waals surface area contributed by atoms with E-state index in [4.69, 9.17) is 47.8 Å². The predicted octanol–water partition coefficient (Wildman–Crippen LogP) is 6.56. The van der Waals surface area contributed by atoms with Crippen LogP contribution in [0.25, 0.3) is 6.08 Å². The highest BCUT2D eigenvalue weighted by atomic mass is 35.8. The Morgan fingerprint density at radius 3 is 2.33 bits per heavy atom. The van der Waals surface area contributed by atoms with Gasteiger partial charge in [0, 0.05) is 6.08 Å². The average molecular weight is 454 g/mol. The number of benzene rings is 1. The Kier molecular flexibility index (Phi) is 11.9. The first-order valence-corrected chi connectivity index (χ1v) is 14.4. The number of halogens is 3. The molecule has 0 spiro atoms. The molecule has 152 valence electrons. The van der Waals surface area contributed by atoms with Gasteiger partial charge >= 0.3 is 12.0 Å². The standard InChI is InChI=1S/C19H27Cl3O4Si/c1-2-25-17-11-9-16(10-12-19(23)24)15-18(17)26-13-7-5-3-4-6-8-14-27(20,21)22/h9-12,15H,2-8,13-14H2,1H3,(H,23,24)/b12-10+. The van der Waals surface area contributed by atoms with Crippen molar-refractivity contribution in [2.24, 2.45) is 0 Å². The quantitative estimate of drug-likeness (QED) is 0.150. The second-order valence-corrected chi connectivity index (χ2v) is 15.4. The molecule has 0 aliphatic carbocycles. The molecular formula is C19H27Cl3O4Si. The smallest absolute Gasteiger partial charge is 0.341 e. The molecule has 0 radical (unpaired) electrons. The molecule has 4 nitrogen and oxygen atoms in total. The van der Waals surface area contributed by atoms with Crippen LogP contribution in [0.2, 0.25) is 6.04 Å². The summed E-state index contributed by atoms with van der Waals surface area (Å²) < 4.78 is 11.4. The maximum Gasteiger partial charge on any atom is 0.341 e. The summed E-state index contributed by atoms with van der Waals surface area (Å²) in [4.78, 5) is 10.7. The first-order chi connectivity index (χ1) is 12.8. The minimum Gasteiger partial charge on any atom is -0.490 e. The summed E-state index contributed by atoms with van der Waals surface area (Å²) in [6, 6.07) is 3.67. The van der Waals surface area contributed by atoms with Gasteiger partial charge in [-0.15, -0.1) is 33.2 Å². The summed E-state index contributed by atoms with van der Waals surface area (Å²) in [5, 5.41) is 8.74. The van der Waals surface area contributed by atoms with Gasteiger partial charge in [0.15, 0.2) is 11.5 Å². The second-order valence-electron chi connectivity index (χ2n) is 6.15. The van der Waals surface area contributed by atoms with Gasteiger partial charge in [-0.1, -0.05) is 38.2 Å². The molecule has 1 N–H and O–H groups in total. The Bertz CT molecular complexity index is 603. The van der Waals surface area contributed by atoms with E-state index in [0.717, 1.165) is 56.2 Å². The van der Waals surface area contributed by atoms with Crippen molar-refractivity contribution in [3.63, 3.8) is 0 Å². The SMILES string of the molecule is CCOc1ccc(/C=C/C(=O)O)cc1OCCCCCCCC[Si](Cl)(Cl)Cl. The molecule has 0 fully saturated rings. The Morgan fingerprint density at radius 1 is 1.04 bits per heavy atom. The van der Waals surface area contributed by atoms with Crippen molar-refractivity contribution in [2.75, 3.05) is 13.2 Å². The molecule has 8 heteroatoms. The lowest BCUT2D eigenvalue weighted by atomic mass is 10.1. The molecule has 0 aromatic heterocycles. The van der Waals surface area contributed by atoms with E-state index in [1.807, 2.05) is 6.92 Å². The maximum atomic E-state index is 10.7. The molecule has 27 heavy (non-hydrogen) atoms. The third kappa shape index (κ3) is 12.2. The van der Waals surface area contributed by atoms with E-state index >= 15 is 0 Å². The highest BCUT2D eigenvalue weighted by molar-refractivity contribution is 7.64. The van der Waals surface area contributed by atoms with Crippen LogP contribution < -0.4 is 9.47 Å². The molecule has 0 saturated heterocycles. The molecule has 0 aliphatic rings. The van der Waals surface area contributed by atoms with Crippen LogP contribution >= 0.6 is 33.2 Å². The van der Waals surface area contributed by atoms with E-state index < -0.39 is 12.0 Å². The first kappa shape index (κ1) is 24.2. The predicted molar refractivity (Wildman–Crippen MR) is 116 cm³/mol. The molecule has 1 aromatic carbocycles. The minimum absolute atomic E-state index is 0.539. The van der Waals surface area contributed by atoms with Crippen LogP contribution in [0.15, 0.2) is 24.3 Å². The fraction of sp³-hybridized carbons (Fsp3) is 0.526. The maximum absolute atomic E-state index is 10.7. The van der Waals surface area contributed by atoms with Crippen molar-refractivity contribution in [1.82, 2.24) is 0 Å². The highest BCUT2D eigenvalue weighted by Gasteiger charge is 2.23. The van der Waals surface area contributed by atoms with E-state index in [-0.39, 0.29) is 0 Å². The molecule has 1 rings (SSSR count). The largest absolute Gasteiger partial charge is 0.490 e. The first-order valence-electron chi connectivity index (χ1n) is 9.19. The van der Waals surface area contributed by atoms with Crippen molar-refractivity contribution < 1.29 is 19.4 Å². The number of carbonyl (C=O) groups is 1. The normalized spacial score (nSPS) is 11.7. The summed E-state index contributed by atoms with van der Waals surface area (Å²) in [5.41, 5.74) is 0.758. The van der Waals surface area contributed by atoms with Crippen molar-refractivity contribution in [2.45, 2.75) is 51.5 Å². The lowest BCUT2D eigenvalue weighted by Gasteiger charge is -2.12. The van der Waals surface area contributed by atoms with Gasteiger partial charge in [0.1, 0.15) is 0 Å². The summed E-state index contributed by atoms with van der Waals surface area (Å²) in [5.74, 6) is 0.320. The fourth-order valence-electron chi connectivity index (χ4n) is 2.50. The van der Waals surface area contributed by atoms with Crippen LogP contribution in [-0.2, 0) is 4.79 Å². The van der Waals surface area contributed by atoms with Crippen molar-refractivity contribution in [3.05, 3.63) is 29.8 Å². The zero-order chi connectivity index (χ0) is 20.1. The Balaban J connectivity index is 2.35. The van der Waals surface area contributed by atoms with Crippen molar-refractivity contribution in [1.29, 1.82) is 0 Å². The third-order valence-electron chi connectivity index (χ3n) is 3.80. The third-order valence-corrected chi connectivity index (χ3v) is 6.42. The molecule has 0 heterocycles. The van der Waals surface area contributed by atoms with E-state index in [1.165, 1.54) is 6.08 Å². The Morgan fingerprint density at radius 2 is 1.70 bits per heavy atom. The van der Waals surface area contributed by atoms with Gasteiger partial charge in [0.05, 0.1) is 13.2 Å². The van der Waals surface area contributed by atoms with E-state index in [0.29, 0.717) is 24.7 Å². The number of aliphatic carboxylic acids is 1. The van der Waals surface area contributed by atoms with Crippen LogP contribution in [-0.4, -0.2) is 30.3 Å². The van der Waals surface area contributed by atoms with E-state index in [1.54, 1.807) is 18.2 Å². The van der Waals surface area contributed by atoms with Crippen LogP contribution in [0.4, 0.5) is 0 Å². The Hall–Kier alpha value is -0.883. The number of hydrogen-bond acceptors (Lipinski definition) is 3. The van der Waals surface area contributed by atoms with E-state index in [9.17, 15) is 4.79 Å². The summed E-state index contributed by atoms with van der Waals surface area (Å²) in [6.45, 7) is 3.04. The van der Waals surface area contributed by atoms with Crippen LogP contribution in [0.5, 0.6) is 11.5 Å². The molecule has 0 saturated carbocycles. The number of rotatable bonds is 14. The van der Waals surface area contributed by atoms with Crippen molar-refractivity contribution in [3.8, 4) is 11.5 Å². The van der Waals surface area contributed by atoms with Gasteiger partial charge in [-0.05, 0) is 43.2 Å². The van der Waals surface area contributed by atoms with Crippen LogP contribution in [0.1, 0.15) is 51.0 Å². The molecule has 0 bridgehead atoms. The molecular weight excluding hydrogens is 427 g/mol. The zero-order valence-electron chi connectivity index (χ0n) is 15.6. The molecule has 0 atom stereocenters. The molecule has 0 amide bonds. The lowest BCUT2D eigenvalue weighted by Crippen LogP contribution is -2.07. The number of unbranched alkanes of at least 4 members (excludes halogenated alkanes) is 5. The van der Waals surface area contributed by atoms with Crippen LogP contribution in [0.3, 0.4) is 0 Å². The number of carboxylic acid groups (broad SMARTS) is 1. The second kappa shape index (κ2) is 13.3. The Labute approximate surface area is 176 Å². The molecule has 1 aromatic rings. The van der Waals surface area contributed by atoms with Gasteiger partial charge in [-0.2, -0.15) is 0 Å². The molecule has 0 aliphatic heterocycles.